The standard InChI is InChI=1S/C16H19NO2S/c1-11-4-9-15(20-11)12(2)17(3)16(19)10-13-5-7-14(18)8-6-13/h4-9,12,18H,10H2,1-3H3/t12-/m0/s1. The molecule has 1 aromatic heterocycles. The Balaban J connectivity index is 2.03. The van der Waals surface area contributed by atoms with Crippen molar-refractivity contribution in [1.82, 2.24) is 4.90 Å². The topological polar surface area (TPSA) is 40.5 Å². The van der Waals surface area contributed by atoms with Crippen LogP contribution in [0.4, 0.5) is 0 Å². The Hall–Kier alpha value is -1.81. The molecular formula is C16H19NO2S. The molecule has 0 radical (unpaired) electrons. The number of thiophene rings is 1. The van der Waals surface area contributed by atoms with Gasteiger partial charge in [-0.05, 0) is 43.7 Å². The number of phenols is 1. The Morgan fingerprint density at radius 2 is 1.90 bits per heavy atom. The summed E-state index contributed by atoms with van der Waals surface area (Å²) < 4.78 is 0. The van der Waals surface area contributed by atoms with Gasteiger partial charge in [-0.1, -0.05) is 12.1 Å². The highest BCUT2D eigenvalue weighted by atomic mass is 32.1. The Morgan fingerprint density at radius 1 is 1.25 bits per heavy atom. The maximum atomic E-state index is 12.3. The fourth-order valence-corrected chi connectivity index (χ4v) is 2.97. The van der Waals surface area contributed by atoms with E-state index in [0.29, 0.717) is 6.42 Å². The summed E-state index contributed by atoms with van der Waals surface area (Å²) in [7, 11) is 1.84. The minimum Gasteiger partial charge on any atom is -0.508 e. The van der Waals surface area contributed by atoms with Crippen molar-refractivity contribution in [3.05, 3.63) is 51.7 Å². The fourth-order valence-electron chi connectivity index (χ4n) is 2.00. The smallest absolute Gasteiger partial charge is 0.227 e. The highest BCUT2D eigenvalue weighted by Gasteiger charge is 2.18. The van der Waals surface area contributed by atoms with Gasteiger partial charge in [-0.15, -0.1) is 11.3 Å². The molecule has 0 aliphatic carbocycles. The van der Waals surface area contributed by atoms with Crippen LogP contribution in [0.5, 0.6) is 5.75 Å². The van der Waals surface area contributed by atoms with Gasteiger partial charge in [0.15, 0.2) is 0 Å². The van der Waals surface area contributed by atoms with Gasteiger partial charge >= 0.3 is 0 Å². The molecule has 2 aromatic rings. The van der Waals surface area contributed by atoms with Crippen LogP contribution in [0.2, 0.25) is 0 Å². The van der Waals surface area contributed by atoms with Crippen molar-refractivity contribution in [2.75, 3.05) is 7.05 Å². The van der Waals surface area contributed by atoms with E-state index in [-0.39, 0.29) is 17.7 Å². The SMILES string of the molecule is Cc1ccc([C@H](C)N(C)C(=O)Cc2ccc(O)cc2)s1. The molecule has 0 fully saturated rings. The Labute approximate surface area is 123 Å². The second kappa shape index (κ2) is 6.09. The van der Waals surface area contributed by atoms with E-state index in [4.69, 9.17) is 0 Å². The average Bonchev–Trinajstić information content (AvgIpc) is 2.86. The lowest BCUT2D eigenvalue weighted by Crippen LogP contribution is -2.30. The number of likely N-dealkylation sites (N-methyl/N-ethyl adjacent to an activating group) is 1. The summed E-state index contributed by atoms with van der Waals surface area (Å²) in [4.78, 5) is 16.5. The van der Waals surface area contributed by atoms with Crippen LogP contribution in [0.1, 0.15) is 28.3 Å². The summed E-state index contributed by atoms with van der Waals surface area (Å²) in [6, 6.07) is 11.0. The molecule has 20 heavy (non-hydrogen) atoms. The van der Waals surface area contributed by atoms with E-state index in [1.54, 1.807) is 40.5 Å². The van der Waals surface area contributed by atoms with Gasteiger partial charge in [0.25, 0.3) is 0 Å². The molecule has 1 atom stereocenters. The number of benzene rings is 1. The van der Waals surface area contributed by atoms with Crippen LogP contribution in [0.3, 0.4) is 0 Å². The summed E-state index contributed by atoms with van der Waals surface area (Å²) in [5.41, 5.74) is 0.911. The third kappa shape index (κ3) is 3.39. The summed E-state index contributed by atoms with van der Waals surface area (Å²) in [5.74, 6) is 0.297. The molecule has 1 heterocycles. The van der Waals surface area contributed by atoms with Crippen LogP contribution in [0, 0.1) is 6.92 Å². The maximum absolute atomic E-state index is 12.3. The number of hydrogen-bond donors (Lipinski definition) is 1. The first-order valence-electron chi connectivity index (χ1n) is 6.57. The molecule has 0 saturated carbocycles. The number of carbonyl (C=O) groups is 1. The van der Waals surface area contributed by atoms with Crippen LogP contribution in [0.15, 0.2) is 36.4 Å². The highest BCUT2D eigenvalue weighted by molar-refractivity contribution is 7.12. The van der Waals surface area contributed by atoms with Gasteiger partial charge < -0.3 is 10.0 Å². The zero-order valence-corrected chi connectivity index (χ0v) is 12.8. The first kappa shape index (κ1) is 14.6. The second-order valence-corrected chi connectivity index (χ2v) is 6.29. The van der Waals surface area contributed by atoms with Crippen molar-refractivity contribution < 1.29 is 9.90 Å². The molecular weight excluding hydrogens is 270 g/mol. The lowest BCUT2D eigenvalue weighted by atomic mass is 10.1. The van der Waals surface area contributed by atoms with E-state index in [9.17, 15) is 9.90 Å². The van der Waals surface area contributed by atoms with Gasteiger partial charge in [0.2, 0.25) is 5.91 Å². The van der Waals surface area contributed by atoms with Gasteiger partial charge in [-0.25, -0.2) is 0 Å². The Kier molecular flexibility index (Phi) is 4.45. The van der Waals surface area contributed by atoms with Crippen LogP contribution >= 0.6 is 11.3 Å². The van der Waals surface area contributed by atoms with Crippen molar-refractivity contribution in [2.24, 2.45) is 0 Å². The van der Waals surface area contributed by atoms with Crippen molar-refractivity contribution >= 4 is 17.2 Å². The average molecular weight is 289 g/mol. The van der Waals surface area contributed by atoms with Crippen LogP contribution in [-0.4, -0.2) is 23.0 Å². The number of carbonyl (C=O) groups excluding carboxylic acids is 1. The molecule has 106 valence electrons. The molecule has 1 aromatic carbocycles. The molecule has 3 nitrogen and oxygen atoms in total. The van der Waals surface area contributed by atoms with E-state index in [0.717, 1.165) is 5.56 Å². The molecule has 0 unspecified atom stereocenters. The summed E-state index contributed by atoms with van der Waals surface area (Å²) >= 11 is 1.72. The highest BCUT2D eigenvalue weighted by Crippen LogP contribution is 2.26. The quantitative estimate of drug-likeness (QED) is 0.935. The number of hydrogen-bond acceptors (Lipinski definition) is 3. The molecule has 0 aliphatic heterocycles. The molecule has 1 N–H and O–H groups in total. The van der Waals surface area contributed by atoms with E-state index in [1.807, 2.05) is 14.0 Å². The molecule has 0 aliphatic rings. The Morgan fingerprint density at radius 3 is 2.45 bits per heavy atom. The second-order valence-electron chi connectivity index (χ2n) is 4.97. The minimum absolute atomic E-state index is 0.0780. The molecule has 1 amide bonds. The first-order valence-corrected chi connectivity index (χ1v) is 7.39. The number of aryl methyl sites for hydroxylation is 1. The fraction of sp³-hybridized carbons (Fsp3) is 0.312. The third-order valence-corrected chi connectivity index (χ3v) is 4.61. The number of phenolic OH excluding ortho intramolecular Hbond substituents is 1. The van der Waals surface area contributed by atoms with E-state index in [2.05, 4.69) is 19.1 Å². The van der Waals surface area contributed by atoms with Gasteiger partial charge in [0.1, 0.15) is 5.75 Å². The monoisotopic (exact) mass is 289 g/mol. The summed E-state index contributed by atoms with van der Waals surface area (Å²) in [5, 5.41) is 9.25. The van der Waals surface area contributed by atoms with E-state index in [1.165, 1.54) is 9.75 Å². The lowest BCUT2D eigenvalue weighted by molar-refractivity contribution is -0.131. The predicted octanol–water partition coefficient (Wildman–Crippen LogP) is 3.52. The van der Waals surface area contributed by atoms with E-state index >= 15 is 0 Å². The molecule has 0 saturated heterocycles. The lowest BCUT2D eigenvalue weighted by Gasteiger charge is -2.24. The number of amides is 1. The largest absolute Gasteiger partial charge is 0.508 e. The molecule has 4 heteroatoms. The normalized spacial score (nSPS) is 12.2. The number of rotatable bonds is 4. The number of nitrogens with zero attached hydrogens (tertiary/aromatic N) is 1. The van der Waals surface area contributed by atoms with Gasteiger partial charge in [0.05, 0.1) is 12.5 Å². The van der Waals surface area contributed by atoms with Crippen molar-refractivity contribution in [3.8, 4) is 5.75 Å². The van der Waals surface area contributed by atoms with Gasteiger partial charge in [0, 0.05) is 16.8 Å². The van der Waals surface area contributed by atoms with Crippen LogP contribution in [0.25, 0.3) is 0 Å². The number of aromatic hydroxyl groups is 1. The minimum atomic E-state index is 0.0780. The van der Waals surface area contributed by atoms with Crippen molar-refractivity contribution in [3.63, 3.8) is 0 Å². The maximum Gasteiger partial charge on any atom is 0.227 e. The zero-order chi connectivity index (χ0) is 14.7. The Bertz CT molecular complexity index is 589. The molecule has 2 rings (SSSR count). The zero-order valence-electron chi connectivity index (χ0n) is 12.0. The summed E-state index contributed by atoms with van der Waals surface area (Å²) in [6.07, 6.45) is 0.353. The van der Waals surface area contributed by atoms with Gasteiger partial charge in [-0.2, -0.15) is 0 Å². The van der Waals surface area contributed by atoms with Crippen molar-refractivity contribution in [2.45, 2.75) is 26.3 Å². The summed E-state index contributed by atoms with van der Waals surface area (Å²) in [6.45, 7) is 4.11. The molecule has 0 bridgehead atoms. The van der Waals surface area contributed by atoms with Gasteiger partial charge in [-0.3, -0.25) is 4.79 Å². The predicted molar refractivity (Wildman–Crippen MR) is 82.1 cm³/mol. The van der Waals surface area contributed by atoms with Crippen LogP contribution in [-0.2, 0) is 11.2 Å². The third-order valence-electron chi connectivity index (χ3n) is 3.44. The first-order chi connectivity index (χ1) is 9.47. The van der Waals surface area contributed by atoms with E-state index < -0.39 is 0 Å². The van der Waals surface area contributed by atoms with Crippen LogP contribution < -0.4 is 0 Å². The van der Waals surface area contributed by atoms with Crippen molar-refractivity contribution in [1.29, 1.82) is 0 Å². The molecule has 0 spiro atoms.